The van der Waals surface area contributed by atoms with Gasteiger partial charge in [0.2, 0.25) is 0 Å². The van der Waals surface area contributed by atoms with Crippen LogP contribution in [0.3, 0.4) is 0 Å². The molecule has 0 aliphatic rings. The Morgan fingerprint density at radius 2 is 2.06 bits per heavy atom. The molecule has 90 valence electrons. The Labute approximate surface area is 101 Å². The smallest absolute Gasteiger partial charge is 0.125 e. The van der Waals surface area contributed by atoms with Crippen LogP contribution < -0.4 is 4.74 Å². The topological polar surface area (TPSA) is 38.7 Å². The van der Waals surface area contributed by atoms with E-state index >= 15 is 0 Å². The van der Waals surface area contributed by atoms with Crippen molar-refractivity contribution in [3.63, 3.8) is 0 Å². The summed E-state index contributed by atoms with van der Waals surface area (Å²) in [5.41, 5.74) is 0.692. The second-order valence-corrected chi connectivity index (χ2v) is 4.11. The van der Waals surface area contributed by atoms with Crippen molar-refractivity contribution in [2.24, 2.45) is 0 Å². The summed E-state index contributed by atoms with van der Waals surface area (Å²) in [7, 11) is 0. The van der Waals surface area contributed by atoms with Crippen molar-refractivity contribution in [3.8, 4) is 5.75 Å². The van der Waals surface area contributed by atoms with Crippen molar-refractivity contribution >= 4 is 11.6 Å². The van der Waals surface area contributed by atoms with E-state index in [0.717, 1.165) is 0 Å². The monoisotopic (exact) mass is 244 g/mol. The standard InChI is InChI=1S/C12H17ClO3/c1-9(2)15-5-6-16-12-4-3-11(13)7-10(12)8-14/h3-4,7,9,14H,5-6,8H2,1-2H3. The summed E-state index contributed by atoms with van der Waals surface area (Å²) in [6.45, 7) is 4.86. The van der Waals surface area contributed by atoms with E-state index in [-0.39, 0.29) is 12.7 Å². The number of halogens is 1. The molecule has 16 heavy (non-hydrogen) atoms. The Hall–Kier alpha value is -0.770. The maximum absolute atomic E-state index is 9.12. The van der Waals surface area contributed by atoms with Gasteiger partial charge < -0.3 is 14.6 Å². The minimum atomic E-state index is -0.0824. The molecule has 0 aromatic heterocycles. The first-order valence-electron chi connectivity index (χ1n) is 5.27. The number of ether oxygens (including phenoxy) is 2. The summed E-state index contributed by atoms with van der Waals surface area (Å²) in [4.78, 5) is 0. The second kappa shape index (κ2) is 6.74. The number of rotatable bonds is 6. The largest absolute Gasteiger partial charge is 0.491 e. The van der Waals surface area contributed by atoms with Gasteiger partial charge in [-0.3, -0.25) is 0 Å². The summed E-state index contributed by atoms with van der Waals surface area (Å²) in [6.07, 6.45) is 0.200. The van der Waals surface area contributed by atoms with E-state index < -0.39 is 0 Å². The molecule has 0 radical (unpaired) electrons. The van der Waals surface area contributed by atoms with Crippen molar-refractivity contribution in [2.75, 3.05) is 13.2 Å². The molecule has 1 aromatic carbocycles. The van der Waals surface area contributed by atoms with Crippen molar-refractivity contribution in [3.05, 3.63) is 28.8 Å². The fraction of sp³-hybridized carbons (Fsp3) is 0.500. The van der Waals surface area contributed by atoms with Gasteiger partial charge in [-0.05, 0) is 32.0 Å². The molecule has 4 heteroatoms. The Balaban J connectivity index is 2.47. The first-order chi connectivity index (χ1) is 7.63. The summed E-state index contributed by atoms with van der Waals surface area (Å²) in [5.74, 6) is 0.652. The van der Waals surface area contributed by atoms with Crippen LogP contribution in [0, 0.1) is 0 Å². The van der Waals surface area contributed by atoms with E-state index in [2.05, 4.69) is 0 Å². The van der Waals surface area contributed by atoms with Crippen molar-refractivity contribution in [1.82, 2.24) is 0 Å². The number of benzene rings is 1. The Bertz CT molecular complexity index is 326. The average molecular weight is 245 g/mol. The number of hydrogen-bond acceptors (Lipinski definition) is 3. The average Bonchev–Trinajstić information content (AvgIpc) is 2.25. The molecule has 0 saturated carbocycles. The lowest BCUT2D eigenvalue weighted by molar-refractivity contribution is 0.0547. The van der Waals surface area contributed by atoms with E-state index in [4.69, 9.17) is 26.2 Å². The molecule has 0 aliphatic carbocycles. The molecule has 0 unspecified atom stereocenters. The lowest BCUT2D eigenvalue weighted by atomic mass is 10.2. The molecule has 0 fully saturated rings. The Morgan fingerprint density at radius 3 is 2.69 bits per heavy atom. The van der Waals surface area contributed by atoms with Gasteiger partial charge >= 0.3 is 0 Å². The normalized spacial score (nSPS) is 10.8. The Morgan fingerprint density at radius 1 is 1.31 bits per heavy atom. The highest BCUT2D eigenvalue weighted by atomic mass is 35.5. The Kier molecular flexibility index (Phi) is 5.60. The third-order valence-corrected chi connectivity index (χ3v) is 2.22. The van der Waals surface area contributed by atoms with Crippen LogP contribution in [-0.4, -0.2) is 24.4 Å². The third kappa shape index (κ3) is 4.39. The molecule has 1 aromatic rings. The van der Waals surface area contributed by atoms with Gasteiger partial charge in [-0.25, -0.2) is 0 Å². The molecule has 3 nitrogen and oxygen atoms in total. The zero-order valence-corrected chi connectivity index (χ0v) is 10.3. The van der Waals surface area contributed by atoms with Gasteiger partial charge in [0.05, 0.1) is 19.3 Å². The predicted molar refractivity (Wildman–Crippen MR) is 64.0 cm³/mol. The lowest BCUT2D eigenvalue weighted by Crippen LogP contribution is -2.11. The van der Waals surface area contributed by atoms with Gasteiger partial charge in [-0.2, -0.15) is 0 Å². The fourth-order valence-corrected chi connectivity index (χ4v) is 1.44. The number of hydrogen-bond donors (Lipinski definition) is 1. The molecule has 1 N–H and O–H groups in total. The van der Waals surface area contributed by atoms with Crippen LogP contribution in [0.1, 0.15) is 19.4 Å². The molecular formula is C12H17ClO3. The van der Waals surface area contributed by atoms with Crippen LogP contribution in [0.5, 0.6) is 5.75 Å². The maximum Gasteiger partial charge on any atom is 0.125 e. The van der Waals surface area contributed by atoms with Gasteiger partial charge in [0, 0.05) is 10.6 Å². The van der Waals surface area contributed by atoms with Gasteiger partial charge in [0.1, 0.15) is 12.4 Å². The van der Waals surface area contributed by atoms with Crippen LogP contribution in [0.15, 0.2) is 18.2 Å². The summed E-state index contributed by atoms with van der Waals surface area (Å²) in [6, 6.07) is 5.18. The van der Waals surface area contributed by atoms with Gasteiger partial charge in [0.25, 0.3) is 0 Å². The van der Waals surface area contributed by atoms with Gasteiger partial charge in [-0.1, -0.05) is 11.6 Å². The molecule has 0 atom stereocenters. The van der Waals surface area contributed by atoms with Crippen molar-refractivity contribution < 1.29 is 14.6 Å². The molecule has 1 rings (SSSR count). The molecule has 0 amide bonds. The van der Waals surface area contributed by atoms with Crippen molar-refractivity contribution in [2.45, 2.75) is 26.6 Å². The molecule has 0 aliphatic heterocycles. The molecular weight excluding hydrogens is 228 g/mol. The molecule has 0 spiro atoms. The molecule has 0 heterocycles. The SMILES string of the molecule is CC(C)OCCOc1ccc(Cl)cc1CO. The van der Waals surface area contributed by atoms with Gasteiger partial charge in [0.15, 0.2) is 0 Å². The molecule has 0 saturated heterocycles. The second-order valence-electron chi connectivity index (χ2n) is 3.68. The predicted octanol–water partition coefficient (Wildman–Crippen LogP) is 2.64. The van der Waals surface area contributed by atoms with E-state index in [1.807, 2.05) is 13.8 Å². The number of aliphatic hydroxyl groups excluding tert-OH is 1. The van der Waals surface area contributed by atoms with Crippen LogP contribution in [0.25, 0.3) is 0 Å². The highest BCUT2D eigenvalue weighted by molar-refractivity contribution is 6.30. The van der Waals surface area contributed by atoms with E-state index in [1.54, 1.807) is 18.2 Å². The quantitative estimate of drug-likeness (QED) is 0.782. The minimum absolute atomic E-state index is 0.0824. The zero-order valence-electron chi connectivity index (χ0n) is 9.57. The van der Waals surface area contributed by atoms with Crippen LogP contribution in [0.2, 0.25) is 5.02 Å². The fourth-order valence-electron chi connectivity index (χ4n) is 1.25. The molecule has 0 bridgehead atoms. The number of aliphatic hydroxyl groups is 1. The third-order valence-electron chi connectivity index (χ3n) is 1.98. The van der Waals surface area contributed by atoms with Crippen molar-refractivity contribution in [1.29, 1.82) is 0 Å². The summed E-state index contributed by atoms with van der Waals surface area (Å²) in [5, 5.41) is 9.71. The summed E-state index contributed by atoms with van der Waals surface area (Å²) < 4.78 is 10.8. The van der Waals surface area contributed by atoms with Crippen LogP contribution in [-0.2, 0) is 11.3 Å². The lowest BCUT2D eigenvalue weighted by Gasteiger charge is -2.11. The van der Waals surface area contributed by atoms with E-state index in [0.29, 0.717) is 29.5 Å². The van der Waals surface area contributed by atoms with E-state index in [1.165, 1.54) is 0 Å². The highest BCUT2D eigenvalue weighted by Gasteiger charge is 2.03. The minimum Gasteiger partial charge on any atom is -0.491 e. The summed E-state index contributed by atoms with van der Waals surface area (Å²) >= 11 is 5.81. The zero-order chi connectivity index (χ0) is 12.0. The first kappa shape index (κ1) is 13.3. The van der Waals surface area contributed by atoms with Crippen LogP contribution in [0.4, 0.5) is 0 Å². The highest BCUT2D eigenvalue weighted by Crippen LogP contribution is 2.22. The first-order valence-corrected chi connectivity index (χ1v) is 5.65. The van der Waals surface area contributed by atoms with E-state index in [9.17, 15) is 0 Å². The van der Waals surface area contributed by atoms with Gasteiger partial charge in [-0.15, -0.1) is 0 Å². The van der Waals surface area contributed by atoms with Crippen LogP contribution >= 0.6 is 11.6 Å². The maximum atomic E-state index is 9.12.